The van der Waals surface area contributed by atoms with Gasteiger partial charge < -0.3 is 15.4 Å². The lowest BCUT2D eigenvalue weighted by Gasteiger charge is -2.04. The molecule has 7 heteroatoms. The van der Waals surface area contributed by atoms with Crippen LogP contribution in [0.25, 0.3) is 0 Å². The summed E-state index contributed by atoms with van der Waals surface area (Å²) < 4.78 is 4.87. The number of aromatic nitrogens is 1. The fraction of sp³-hybridized carbons (Fsp3) is 0.615. The molecule has 20 heavy (non-hydrogen) atoms. The molecular formula is C13H19N3O3S. The van der Waals surface area contributed by atoms with Gasteiger partial charge in [-0.15, -0.1) is 11.3 Å². The quantitative estimate of drug-likeness (QED) is 0.556. The van der Waals surface area contributed by atoms with Gasteiger partial charge in [0.1, 0.15) is 0 Å². The van der Waals surface area contributed by atoms with Gasteiger partial charge >= 0.3 is 5.97 Å². The van der Waals surface area contributed by atoms with E-state index in [1.165, 1.54) is 11.3 Å². The molecule has 0 spiro atoms. The number of esters is 1. The summed E-state index contributed by atoms with van der Waals surface area (Å²) in [5.74, 6) is 0.126. The summed E-state index contributed by atoms with van der Waals surface area (Å²) in [7, 11) is 0. The summed E-state index contributed by atoms with van der Waals surface area (Å²) in [5, 5.41) is 8.59. The zero-order valence-corrected chi connectivity index (χ0v) is 12.3. The Morgan fingerprint density at radius 3 is 2.95 bits per heavy atom. The first-order valence-corrected chi connectivity index (χ1v) is 7.68. The molecule has 1 heterocycles. The van der Waals surface area contributed by atoms with E-state index in [2.05, 4.69) is 15.6 Å². The zero-order chi connectivity index (χ0) is 14.4. The number of thiazole rings is 1. The first-order valence-electron chi connectivity index (χ1n) is 6.80. The van der Waals surface area contributed by atoms with Crippen LogP contribution in [0, 0.1) is 5.92 Å². The lowest BCUT2D eigenvalue weighted by molar-refractivity contribution is -0.142. The fourth-order valence-corrected chi connectivity index (χ4v) is 2.41. The zero-order valence-electron chi connectivity index (χ0n) is 11.5. The van der Waals surface area contributed by atoms with Crippen molar-refractivity contribution >= 4 is 28.3 Å². The predicted octanol–water partition coefficient (Wildman–Crippen LogP) is 1.19. The van der Waals surface area contributed by atoms with Crippen molar-refractivity contribution in [1.82, 2.24) is 10.3 Å². The van der Waals surface area contributed by atoms with Gasteiger partial charge in [-0.3, -0.25) is 9.59 Å². The molecule has 1 aromatic heterocycles. The molecule has 2 N–H and O–H groups in total. The molecule has 1 saturated carbocycles. The highest BCUT2D eigenvalue weighted by molar-refractivity contribution is 7.13. The van der Waals surface area contributed by atoms with E-state index < -0.39 is 0 Å². The van der Waals surface area contributed by atoms with E-state index in [1.807, 2.05) is 5.38 Å². The lowest BCUT2D eigenvalue weighted by Crippen LogP contribution is -2.29. The molecule has 1 aliphatic carbocycles. The molecule has 0 aromatic carbocycles. The number of nitrogens with zero attached hydrogens (tertiary/aromatic N) is 1. The number of carbonyl (C=O) groups excluding carboxylic acids is 2. The molecule has 6 nitrogen and oxygen atoms in total. The number of amides is 1. The van der Waals surface area contributed by atoms with Crippen molar-refractivity contribution in [2.75, 3.05) is 25.0 Å². The Morgan fingerprint density at radius 1 is 1.45 bits per heavy atom. The minimum absolute atomic E-state index is 0.147. The number of hydrogen-bond acceptors (Lipinski definition) is 6. The molecule has 2 rings (SSSR count). The molecule has 1 fully saturated rings. The third-order valence-corrected chi connectivity index (χ3v) is 3.68. The third-order valence-electron chi connectivity index (χ3n) is 2.83. The highest BCUT2D eigenvalue weighted by Crippen LogP contribution is 2.28. The average molecular weight is 297 g/mol. The number of carbonyl (C=O) groups is 2. The van der Waals surface area contributed by atoms with Crippen LogP contribution in [0.3, 0.4) is 0 Å². The van der Waals surface area contributed by atoms with Crippen LogP contribution in [0.2, 0.25) is 0 Å². The summed E-state index contributed by atoms with van der Waals surface area (Å²) >= 11 is 1.44. The molecule has 0 unspecified atom stereocenters. The highest BCUT2D eigenvalue weighted by atomic mass is 32.1. The summed E-state index contributed by atoms with van der Waals surface area (Å²) in [6, 6.07) is 0. The van der Waals surface area contributed by atoms with Crippen molar-refractivity contribution in [1.29, 1.82) is 0 Å². The van der Waals surface area contributed by atoms with E-state index in [-0.39, 0.29) is 24.2 Å². The Labute approximate surface area is 121 Å². The number of anilines is 1. The largest absolute Gasteiger partial charge is 0.466 e. The van der Waals surface area contributed by atoms with Crippen LogP contribution in [-0.4, -0.2) is 36.6 Å². The minimum Gasteiger partial charge on any atom is -0.466 e. The Balaban J connectivity index is 1.64. The van der Waals surface area contributed by atoms with Crippen molar-refractivity contribution in [3.05, 3.63) is 11.1 Å². The van der Waals surface area contributed by atoms with Crippen molar-refractivity contribution < 1.29 is 14.3 Å². The second-order valence-electron chi connectivity index (χ2n) is 4.62. The van der Waals surface area contributed by atoms with E-state index in [9.17, 15) is 9.59 Å². The number of hydrogen-bond donors (Lipinski definition) is 2. The number of nitrogens with one attached hydrogen (secondary N) is 2. The van der Waals surface area contributed by atoms with Crippen molar-refractivity contribution in [2.45, 2.75) is 26.2 Å². The van der Waals surface area contributed by atoms with E-state index >= 15 is 0 Å². The molecular weight excluding hydrogens is 278 g/mol. The van der Waals surface area contributed by atoms with E-state index in [0.717, 1.165) is 18.0 Å². The normalized spacial score (nSPS) is 13.8. The van der Waals surface area contributed by atoms with Gasteiger partial charge in [-0.25, -0.2) is 4.98 Å². The van der Waals surface area contributed by atoms with Gasteiger partial charge in [0.05, 0.1) is 18.7 Å². The third kappa shape index (κ3) is 4.80. The van der Waals surface area contributed by atoms with Crippen molar-refractivity contribution in [3.63, 3.8) is 0 Å². The molecule has 0 aliphatic heterocycles. The Hall–Kier alpha value is -1.63. The molecule has 0 saturated heterocycles. The fourth-order valence-electron chi connectivity index (χ4n) is 1.67. The van der Waals surface area contributed by atoms with Gasteiger partial charge in [0.25, 0.3) is 0 Å². The minimum atomic E-state index is -0.263. The smallest absolute Gasteiger partial charge is 0.311 e. The molecule has 1 aromatic rings. The van der Waals surface area contributed by atoms with Crippen LogP contribution in [0.4, 0.5) is 5.13 Å². The average Bonchev–Trinajstić information content (AvgIpc) is 3.17. The van der Waals surface area contributed by atoms with Gasteiger partial charge in [0.2, 0.25) is 5.91 Å². The first-order chi connectivity index (χ1) is 9.69. The second kappa shape index (κ2) is 7.23. The maximum absolute atomic E-state index is 11.4. The van der Waals surface area contributed by atoms with Crippen LogP contribution in [0.1, 0.15) is 25.5 Å². The molecule has 0 bridgehead atoms. The van der Waals surface area contributed by atoms with Crippen LogP contribution in [-0.2, 0) is 20.7 Å². The Morgan fingerprint density at radius 2 is 2.25 bits per heavy atom. The van der Waals surface area contributed by atoms with E-state index in [0.29, 0.717) is 25.4 Å². The van der Waals surface area contributed by atoms with Crippen LogP contribution < -0.4 is 10.6 Å². The van der Waals surface area contributed by atoms with Gasteiger partial charge in [-0.2, -0.15) is 0 Å². The van der Waals surface area contributed by atoms with Gasteiger partial charge in [-0.1, -0.05) is 0 Å². The molecule has 0 radical (unpaired) electrons. The lowest BCUT2D eigenvalue weighted by atomic mass is 10.3. The van der Waals surface area contributed by atoms with E-state index in [1.54, 1.807) is 6.92 Å². The Bertz CT molecular complexity index is 471. The standard InChI is InChI=1S/C13H19N3O3S/c1-2-19-11(17)7-10-8-20-13(16-10)15-6-5-14-12(18)9-3-4-9/h8-9H,2-7H2,1H3,(H,14,18)(H,15,16). The monoisotopic (exact) mass is 297 g/mol. The Kier molecular flexibility index (Phi) is 5.34. The second-order valence-corrected chi connectivity index (χ2v) is 5.48. The van der Waals surface area contributed by atoms with Crippen LogP contribution in [0.5, 0.6) is 0 Å². The van der Waals surface area contributed by atoms with Gasteiger partial charge in [0.15, 0.2) is 5.13 Å². The van der Waals surface area contributed by atoms with E-state index in [4.69, 9.17) is 4.74 Å². The van der Waals surface area contributed by atoms with Crippen LogP contribution in [0.15, 0.2) is 5.38 Å². The number of ether oxygens (including phenoxy) is 1. The summed E-state index contributed by atoms with van der Waals surface area (Å²) in [6.45, 7) is 3.38. The van der Waals surface area contributed by atoms with Gasteiger partial charge in [0, 0.05) is 24.4 Å². The predicted molar refractivity (Wildman–Crippen MR) is 76.7 cm³/mol. The first kappa shape index (κ1) is 14.8. The number of rotatable bonds is 8. The SMILES string of the molecule is CCOC(=O)Cc1csc(NCCNC(=O)C2CC2)n1. The van der Waals surface area contributed by atoms with Crippen LogP contribution >= 0.6 is 11.3 Å². The maximum Gasteiger partial charge on any atom is 0.311 e. The topological polar surface area (TPSA) is 80.3 Å². The summed E-state index contributed by atoms with van der Waals surface area (Å²) in [5.41, 5.74) is 0.706. The molecule has 0 atom stereocenters. The highest BCUT2D eigenvalue weighted by Gasteiger charge is 2.28. The summed E-state index contributed by atoms with van der Waals surface area (Å²) in [6.07, 6.45) is 2.23. The summed E-state index contributed by atoms with van der Waals surface area (Å²) in [4.78, 5) is 27.0. The maximum atomic E-state index is 11.4. The molecule has 110 valence electrons. The van der Waals surface area contributed by atoms with Crippen molar-refractivity contribution in [2.24, 2.45) is 5.92 Å². The van der Waals surface area contributed by atoms with Gasteiger partial charge in [-0.05, 0) is 19.8 Å². The van der Waals surface area contributed by atoms with Crippen molar-refractivity contribution in [3.8, 4) is 0 Å². The molecule has 1 amide bonds. The molecule has 1 aliphatic rings.